The first kappa shape index (κ1) is 10.6. The zero-order valence-corrected chi connectivity index (χ0v) is 8.93. The Morgan fingerprint density at radius 1 is 1.69 bits per heavy atom. The molecule has 0 amide bonds. The summed E-state index contributed by atoms with van der Waals surface area (Å²) in [5.74, 6) is 0. The molecule has 0 aliphatic heterocycles. The molecule has 1 atom stereocenters. The van der Waals surface area contributed by atoms with E-state index in [1.165, 1.54) is 4.88 Å². The van der Waals surface area contributed by atoms with E-state index >= 15 is 0 Å². The molecule has 0 radical (unpaired) electrons. The zero-order valence-electron chi connectivity index (χ0n) is 8.12. The highest BCUT2D eigenvalue weighted by Gasteiger charge is 2.08. The minimum atomic E-state index is 0.412. The molecule has 1 heterocycles. The Bertz CT molecular complexity index is 207. The Balaban J connectivity index is 2.37. The summed E-state index contributed by atoms with van der Waals surface area (Å²) in [6.45, 7) is 3.84. The van der Waals surface area contributed by atoms with Gasteiger partial charge in [-0.15, -0.1) is 11.3 Å². The third-order valence-electron chi connectivity index (χ3n) is 1.79. The van der Waals surface area contributed by atoms with Crippen LogP contribution in [0.15, 0.2) is 11.7 Å². The zero-order chi connectivity index (χ0) is 9.52. The van der Waals surface area contributed by atoms with Crippen LogP contribution in [0.3, 0.4) is 0 Å². The summed E-state index contributed by atoms with van der Waals surface area (Å²) in [7, 11) is 1.73. The second-order valence-corrected chi connectivity index (χ2v) is 3.85. The van der Waals surface area contributed by atoms with Gasteiger partial charge in [-0.25, -0.2) is 0 Å². The summed E-state index contributed by atoms with van der Waals surface area (Å²) in [6.07, 6.45) is 2.93. The molecular weight excluding hydrogens is 184 g/mol. The summed E-state index contributed by atoms with van der Waals surface area (Å²) in [5.41, 5.74) is 1.87. The third kappa shape index (κ3) is 3.85. The summed E-state index contributed by atoms with van der Waals surface area (Å²) < 4.78 is 5.13. The summed E-state index contributed by atoms with van der Waals surface area (Å²) in [6, 6.07) is 0.412. The first-order valence-corrected chi connectivity index (χ1v) is 5.34. The molecule has 74 valence electrons. The van der Waals surface area contributed by atoms with Gasteiger partial charge in [0.05, 0.1) is 12.1 Å². The van der Waals surface area contributed by atoms with Crippen molar-refractivity contribution in [2.75, 3.05) is 20.3 Å². The van der Waals surface area contributed by atoms with Gasteiger partial charge in [0.15, 0.2) is 0 Å². The van der Waals surface area contributed by atoms with E-state index in [4.69, 9.17) is 4.74 Å². The number of methoxy groups -OCH3 is 1. The maximum Gasteiger partial charge on any atom is 0.0794 e. The summed E-state index contributed by atoms with van der Waals surface area (Å²) in [5, 5.41) is 3.38. The quantitative estimate of drug-likeness (QED) is 0.752. The molecule has 1 N–H and O–H groups in total. The van der Waals surface area contributed by atoms with Gasteiger partial charge < -0.3 is 10.1 Å². The van der Waals surface area contributed by atoms with Gasteiger partial charge in [0.1, 0.15) is 0 Å². The molecule has 0 spiro atoms. The van der Waals surface area contributed by atoms with Crippen LogP contribution in [0.25, 0.3) is 0 Å². The van der Waals surface area contributed by atoms with Crippen LogP contribution in [-0.4, -0.2) is 31.3 Å². The maximum atomic E-state index is 5.13. The second kappa shape index (κ2) is 6.07. The van der Waals surface area contributed by atoms with Crippen LogP contribution >= 0.6 is 11.3 Å². The van der Waals surface area contributed by atoms with E-state index in [0.717, 1.165) is 19.6 Å². The summed E-state index contributed by atoms with van der Waals surface area (Å²) in [4.78, 5) is 5.35. The van der Waals surface area contributed by atoms with Crippen LogP contribution in [0.2, 0.25) is 0 Å². The molecule has 1 aromatic heterocycles. The predicted octanol–water partition coefficient (Wildman–Crippen LogP) is 1.31. The lowest BCUT2D eigenvalue weighted by molar-refractivity contribution is 0.167. The molecule has 3 nitrogen and oxygen atoms in total. The van der Waals surface area contributed by atoms with Crippen LogP contribution in [0, 0.1) is 0 Å². The van der Waals surface area contributed by atoms with Crippen LogP contribution in [0.4, 0.5) is 0 Å². The monoisotopic (exact) mass is 200 g/mol. The van der Waals surface area contributed by atoms with Crippen LogP contribution < -0.4 is 5.32 Å². The van der Waals surface area contributed by atoms with Crippen molar-refractivity contribution in [3.05, 3.63) is 16.6 Å². The van der Waals surface area contributed by atoms with Gasteiger partial charge in [0, 0.05) is 30.6 Å². The Kier molecular flexibility index (Phi) is 4.97. The Labute approximate surface area is 83.1 Å². The number of rotatable bonds is 6. The van der Waals surface area contributed by atoms with E-state index in [2.05, 4.69) is 17.2 Å². The Morgan fingerprint density at radius 2 is 2.54 bits per heavy atom. The number of hydrogen-bond acceptors (Lipinski definition) is 4. The van der Waals surface area contributed by atoms with E-state index in [1.54, 1.807) is 18.4 Å². The largest absolute Gasteiger partial charge is 0.383 e. The maximum absolute atomic E-state index is 5.13. The topological polar surface area (TPSA) is 34.1 Å². The van der Waals surface area contributed by atoms with Gasteiger partial charge in [-0.1, -0.05) is 6.92 Å². The van der Waals surface area contributed by atoms with Gasteiger partial charge in [-0.2, -0.15) is 0 Å². The number of nitrogens with one attached hydrogen (secondary N) is 1. The molecule has 13 heavy (non-hydrogen) atoms. The lowest BCUT2D eigenvalue weighted by atomic mass is 10.2. The van der Waals surface area contributed by atoms with Crippen molar-refractivity contribution in [3.63, 3.8) is 0 Å². The number of hydrogen-bond donors (Lipinski definition) is 1. The molecule has 1 unspecified atom stereocenters. The van der Waals surface area contributed by atoms with E-state index < -0.39 is 0 Å². The minimum absolute atomic E-state index is 0.412. The number of ether oxygens (including phenoxy) is 1. The highest BCUT2D eigenvalue weighted by molar-refractivity contribution is 7.09. The smallest absolute Gasteiger partial charge is 0.0794 e. The van der Waals surface area contributed by atoms with Crippen molar-refractivity contribution in [2.24, 2.45) is 0 Å². The van der Waals surface area contributed by atoms with E-state index in [0.29, 0.717) is 6.04 Å². The number of nitrogens with zero attached hydrogens (tertiary/aromatic N) is 1. The summed E-state index contributed by atoms with van der Waals surface area (Å²) >= 11 is 1.70. The number of likely N-dealkylation sites (N-methyl/N-ethyl adjacent to an activating group) is 1. The first-order valence-electron chi connectivity index (χ1n) is 4.46. The van der Waals surface area contributed by atoms with Gasteiger partial charge in [-0.3, -0.25) is 4.98 Å². The highest BCUT2D eigenvalue weighted by atomic mass is 32.1. The van der Waals surface area contributed by atoms with E-state index in [-0.39, 0.29) is 0 Å². The standard InChI is InChI=1S/C9H16N2OS/c1-3-11-8(6-12-2)4-9-5-10-7-13-9/h5,7-8,11H,3-4,6H2,1-2H3. The van der Waals surface area contributed by atoms with Crippen molar-refractivity contribution in [1.82, 2.24) is 10.3 Å². The molecule has 0 aromatic carbocycles. The Morgan fingerprint density at radius 3 is 3.08 bits per heavy atom. The fraction of sp³-hybridized carbons (Fsp3) is 0.667. The van der Waals surface area contributed by atoms with E-state index in [9.17, 15) is 0 Å². The predicted molar refractivity (Wildman–Crippen MR) is 55.2 cm³/mol. The van der Waals surface area contributed by atoms with Crippen LogP contribution in [0.1, 0.15) is 11.8 Å². The van der Waals surface area contributed by atoms with Crippen molar-refractivity contribution >= 4 is 11.3 Å². The first-order chi connectivity index (χ1) is 6.36. The number of aromatic nitrogens is 1. The lowest BCUT2D eigenvalue weighted by Crippen LogP contribution is -2.34. The molecule has 0 saturated heterocycles. The third-order valence-corrected chi connectivity index (χ3v) is 2.59. The molecule has 1 rings (SSSR count). The fourth-order valence-corrected chi connectivity index (χ4v) is 1.94. The number of thiazole rings is 1. The molecule has 4 heteroatoms. The lowest BCUT2D eigenvalue weighted by Gasteiger charge is -2.15. The van der Waals surface area contributed by atoms with Crippen LogP contribution in [-0.2, 0) is 11.2 Å². The molecular formula is C9H16N2OS. The molecule has 0 aliphatic carbocycles. The highest BCUT2D eigenvalue weighted by Crippen LogP contribution is 2.08. The van der Waals surface area contributed by atoms with Crippen molar-refractivity contribution in [3.8, 4) is 0 Å². The van der Waals surface area contributed by atoms with Crippen molar-refractivity contribution in [2.45, 2.75) is 19.4 Å². The fourth-order valence-electron chi connectivity index (χ4n) is 1.27. The normalized spacial score (nSPS) is 13.1. The van der Waals surface area contributed by atoms with Gasteiger partial charge in [-0.05, 0) is 6.54 Å². The molecule has 0 fully saturated rings. The van der Waals surface area contributed by atoms with Crippen LogP contribution in [0.5, 0.6) is 0 Å². The van der Waals surface area contributed by atoms with Crippen molar-refractivity contribution in [1.29, 1.82) is 0 Å². The average Bonchev–Trinajstić information content (AvgIpc) is 2.58. The minimum Gasteiger partial charge on any atom is -0.383 e. The van der Waals surface area contributed by atoms with E-state index in [1.807, 2.05) is 11.7 Å². The molecule has 0 bridgehead atoms. The van der Waals surface area contributed by atoms with Crippen molar-refractivity contribution < 1.29 is 4.74 Å². The molecule has 0 aliphatic rings. The molecule has 0 saturated carbocycles. The van der Waals surface area contributed by atoms with Gasteiger partial charge in [0.25, 0.3) is 0 Å². The molecule has 1 aromatic rings. The SMILES string of the molecule is CCNC(COC)Cc1cncs1. The van der Waals surface area contributed by atoms with Gasteiger partial charge in [0.2, 0.25) is 0 Å². The Hall–Kier alpha value is -0.450. The second-order valence-electron chi connectivity index (χ2n) is 2.88. The van der Waals surface area contributed by atoms with Gasteiger partial charge >= 0.3 is 0 Å². The average molecular weight is 200 g/mol.